The predicted octanol–water partition coefficient (Wildman–Crippen LogP) is 6.62. The van der Waals surface area contributed by atoms with Gasteiger partial charge in [-0.15, -0.1) is 0 Å². The van der Waals surface area contributed by atoms with Gasteiger partial charge in [-0.2, -0.15) is 0 Å². The average Bonchev–Trinajstić information content (AvgIpc) is 3.07. The average molecular weight is 581 g/mol. The van der Waals surface area contributed by atoms with Gasteiger partial charge in [0.15, 0.2) is 6.10 Å². The lowest BCUT2D eigenvalue weighted by Gasteiger charge is -2.43. The molecule has 0 saturated carbocycles. The molecule has 0 spiro atoms. The van der Waals surface area contributed by atoms with Gasteiger partial charge in [0.05, 0.1) is 33.0 Å². The van der Waals surface area contributed by atoms with E-state index < -0.39 is 24.4 Å². The molecule has 0 aliphatic carbocycles. The summed E-state index contributed by atoms with van der Waals surface area (Å²) in [5, 5.41) is 9.68. The van der Waals surface area contributed by atoms with E-state index in [9.17, 15) is 5.11 Å². The van der Waals surface area contributed by atoms with Gasteiger partial charge in [0.25, 0.3) is 0 Å². The van der Waals surface area contributed by atoms with Crippen molar-refractivity contribution in [2.45, 2.75) is 57.3 Å². The van der Waals surface area contributed by atoms with Crippen molar-refractivity contribution in [3.8, 4) is 0 Å². The quantitative estimate of drug-likeness (QED) is 0.170. The van der Waals surface area contributed by atoms with Crippen LogP contribution < -0.4 is 0 Å². The monoisotopic (exact) mass is 580 g/mol. The second-order valence-corrected chi connectivity index (χ2v) is 10.5. The van der Waals surface area contributed by atoms with Crippen LogP contribution in [-0.4, -0.2) is 42.7 Å². The van der Waals surface area contributed by atoms with Crippen molar-refractivity contribution in [2.75, 3.05) is 13.2 Å². The molecule has 43 heavy (non-hydrogen) atoms. The number of benzene rings is 4. The topological polar surface area (TPSA) is 66.4 Å². The third-order valence-corrected chi connectivity index (χ3v) is 7.27. The Balaban J connectivity index is 1.43. The summed E-state index contributed by atoms with van der Waals surface area (Å²) < 4.78 is 32.7. The van der Waals surface area contributed by atoms with Gasteiger partial charge in [0, 0.05) is 6.61 Å². The smallest absolute Gasteiger partial charge is 0.150 e. The van der Waals surface area contributed by atoms with Gasteiger partial charge >= 0.3 is 0 Å². The molecule has 1 N–H and O–H groups in total. The van der Waals surface area contributed by atoms with E-state index in [0.29, 0.717) is 45.2 Å². The molecule has 0 unspecified atom stereocenters. The highest BCUT2D eigenvalue weighted by Gasteiger charge is 2.46. The van der Waals surface area contributed by atoms with Crippen LogP contribution in [0.1, 0.15) is 28.7 Å². The van der Waals surface area contributed by atoms with Crippen LogP contribution in [0.2, 0.25) is 0 Å². The Labute approximate surface area is 254 Å². The molecule has 224 valence electrons. The Hall–Kier alpha value is -3.78. The highest BCUT2D eigenvalue weighted by Crippen LogP contribution is 2.33. The fourth-order valence-electron chi connectivity index (χ4n) is 5.08. The van der Waals surface area contributed by atoms with E-state index in [2.05, 4.69) is 0 Å². The molecular formula is C37H40O6. The molecule has 1 fully saturated rings. The third-order valence-electron chi connectivity index (χ3n) is 7.27. The Morgan fingerprint density at radius 3 is 1.49 bits per heavy atom. The molecule has 0 aromatic heterocycles. The van der Waals surface area contributed by atoms with Crippen molar-refractivity contribution >= 4 is 0 Å². The predicted molar refractivity (Wildman–Crippen MR) is 166 cm³/mol. The van der Waals surface area contributed by atoms with Crippen LogP contribution in [-0.2, 0) is 50.1 Å². The van der Waals surface area contributed by atoms with Crippen molar-refractivity contribution in [3.05, 3.63) is 155 Å². The minimum absolute atomic E-state index is 0.00306. The van der Waals surface area contributed by atoms with Crippen LogP contribution in [0.4, 0.5) is 0 Å². The number of rotatable bonds is 15. The molecule has 0 bridgehead atoms. The number of aliphatic hydroxyl groups excluding tert-OH is 1. The molecule has 6 heteroatoms. The summed E-state index contributed by atoms with van der Waals surface area (Å²) in [6, 6.07) is 40.3. The first kappa shape index (κ1) is 30.7. The van der Waals surface area contributed by atoms with Crippen LogP contribution in [0, 0.1) is 0 Å². The van der Waals surface area contributed by atoms with Crippen LogP contribution in [0.15, 0.2) is 133 Å². The van der Waals surface area contributed by atoms with E-state index >= 15 is 0 Å². The Kier molecular flexibility index (Phi) is 11.9. The summed E-state index contributed by atoms with van der Waals surface area (Å²) in [6.07, 6.45) is 0.310. The molecule has 1 aliphatic rings. The summed E-state index contributed by atoms with van der Waals surface area (Å²) in [7, 11) is 0. The first-order valence-corrected chi connectivity index (χ1v) is 14.9. The minimum atomic E-state index is -0.554. The zero-order valence-corrected chi connectivity index (χ0v) is 24.4. The number of aliphatic hydroxyl groups is 1. The van der Waals surface area contributed by atoms with Gasteiger partial charge < -0.3 is 28.8 Å². The van der Waals surface area contributed by atoms with Crippen molar-refractivity contribution in [1.29, 1.82) is 0 Å². The van der Waals surface area contributed by atoms with Gasteiger partial charge in [0.1, 0.15) is 24.1 Å². The van der Waals surface area contributed by atoms with Gasteiger partial charge in [-0.05, 0) is 34.8 Å². The number of ether oxygens (including phenoxy) is 5. The standard InChI is InChI=1S/C37H40O6/c38-23-13-22-33-35(40-25-30-16-7-2-8-17-30)37(42-27-32-20-11-4-12-21-32)36(41-26-31-18-9-3-10-19-31)34(43-33)28-39-24-29-14-5-1-6-15-29/h1-12,14-22,34-38H,13,23-28H2/b33-22+/t34-,35+,36-,37-/m1/s1. The molecule has 0 amide bonds. The third kappa shape index (κ3) is 9.35. The Bertz CT molecular complexity index is 1350. The molecule has 4 aromatic rings. The first-order chi connectivity index (χ1) is 21.3. The Morgan fingerprint density at radius 1 is 0.558 bits per heavy atom. The van der Waals surface area contributed by atoms with Gasteiger partial charge in [-0.25, -0.2) is 0 Å². The second kappa shape index (κ2) is 16.8. The molecular weight excluding hydrogens is 540 g/mol. The molecule has 6 nitrogen and oxygen atoms in total. The van der Waals surface area contributed by atoms with Crippen LogP contribution in [0.25, 0.3) is 0 Å². The second-order valence-electron chi connectivity index (χ2n) is 10.5. The van der Waals surface area contributed by atoms with Crippen LogP contribution in [0.3, 0.4) is 0 Å². The van der Waals surface area contributed by atoms with Gasteiger partial charge in [0.2, 0.25) is 0 Å². The molecule has 0 radical (unpaired) electrons. The molecule has 4 atom stereocenters. The zero-order chi connectivity index (χ0) is 29.5. The highest BCUT2D eigenvalue weighted by molar-refractivity contribution is 5.18. The summed E-state index contributed by atoms with van der Waals surface area (Å²) in [4.78, 5) is 0. The fraction of sp³-hybridized carbons (Fsp3) is 0.297. The molecule has 1 aliphatic heterocycles. The SMILES string of the molecule is OCC/C=C1/O[C@H](COCc2ccccc2)[C@@H](OCc2ccccc2)[C@H](OCc2ccccc2)[C@H]1OCc1ccccc1. The number of hydrogen-bond acceptors (Lipinski definition) is 6. The lowest BCUT2D eigenvalue weighted by molar-refractivity contribution is -0.223. The molecule has 5 rings (SSSR count). The maximum Gasteiger partial charge on any atom is 0.150 e. The minimum Gasteiger partial charge on any atom is -0.487 e. The maximum atomic E-state index is 9.68. The molecule has 1 heterocycles. The van der Waals surface area contributed by atoms with Crippen LogP contribution >= 0.6 is 0 Å². The van der Waals surface area contributed by atoms with Crippen molar-refractivity contribution < 1.29 is 28.8 Å². The summed E-state index contributed by atoms with van der Waals surface area (Å²) in [5.74, 6) is 0.621. The maximum absolute atomic E-state index is 9.68. The fourth-order valence-corrected chi connectivity index (χ4v) is 5.08. The summed E-state index contributed by atoms with van der Waals surface area (Å²) in [5.41, 5.74) is 4.23. The number of hydrogen-bond donors (Lipinski definition) is 1. The van der Waals surface area contributed by atoms with E-state index in [-0.39, 0.29) is 6.61 Å². The van der Waals surface area contributed by atoms with E-state index in [1.807, 2.05) is 127 Å². The summed E-state index contributed by atoms with van der Waals surface area (Å²) in [6.45, 7) is 1.88. The zero-order valence-electron chi connectivity index (χ0n) is 24.4. The summed E-state index contributed by atoms with van der Waals surface area (Å²) >= 11 is 0. The van der Waals surface area contributed by atoms with E-state index in [0.717, 1.165) is 22.3 Å². The van der Waals surface area contributed by atoms with Crippen molar-refractivity contribution in [2.24, 2.45) is 0 Å². The van der Waals surface area contributed by atoms with Crippen molar-refractivity contribution in [3.63, 3.8) is 0 Å². The van der Waals surface area contributed by atoms with Gasteiger partial charge in [-0.3, -0.25) is 0 Å². The van der Waals surface area contributed by atoms with Crippen LogP contribution in [0.5, 0.6) is 0 Å². The molecule has 4 aromatic carbocycles. The van der Waals surface area contributed by atoms with E-state index in [1.54, 1.807) is 0 Å². The lowest BCUT2D eigenvalue weighted by Crippen LogP contribution is -2.56. The van der Waals surface area contributed by atoms with Gasteiger partial charge in [-0.1, -0.05) is 121 Å². The largest absolute Gasteiger partial charge is 0.487 e. The molecule has 1 saturated heterocycles. The normalized spacial score (nSPS) is 21.0. The Morgan fingerprint density at radius 2 is 1.00 bits per heavy atom. The highest BCUT2D eigenvalue weighted by atomic mass is 16.6. The van der Waals surface area contributed by atoms with E-state index in [1.165, 1.54) is 0 Å². The van der Waals surface area contributed by atoms with Crippen molar-refractivity contribution in [1.82, 2.24) is 0 Å². The lowest BCUT2D eigenvalue weighted by atomic mass is 9.96. The van der Waals surface area contributed by atoms with E-state index in [4.69, 9.17) is 23.7 Å². The first-order valence-electron chi connectivity index (χ1n) is 14.9.